The number of nitrogens with zero attached hydrogens (tertiary/aromatic N) is 1. The average molecular weight is 283 g/mol. The molecular weight excluding hydrogens is 254 g/mol. The first-order valence-electron chi connectivity index (χ1n) is 7.94. The van der Waals surface area contributed by atoms with E-state index in [1.54, 1.807) is 4.90 Å². The summed E-state index contributed by atoms with van der Waals surface area (Å²) in [6.45, 7) is 7.36. The summed E-state index contributed by atoms with van der Waals surface area (Å²) >= 11 is 0. The molecule has 0 heterocycles. The number of hydrogen-bond donors (Lipinski definition) is 1. The Kier molecular flexibility index (Phi) is 7.03. The van der Waals surface area contributed by atoms with E-state index in [1.165, 1.54) is 6.42 Å². The molecule has 0 unspecified atom stereocenters. The van der Waals surface area contributed by atoms with E-state index in [1.807, 2.05) is 0 Å². The molecule has 0 saturated heterocycles. The maximum Gasteiger partial charge on any atom is 0.305 e. The molecule has 116 valence electrons. The van der Waals surface area contributed by atoms with Gasteiger partial charge >= 0.3 is 5.97 Å². The molecule has 0 aromatic carbocycles. The Hall–Kier alpha value is -1.06. The van der Waals surface area contributed by atoms with Crippen LogP contribution in [0.4, 0.5) is 0 Å². The minimum absolute atomic E-state index is 0.0444. The molecule has 1 aliphatic rings. The Morgan fingerprint density at radius 3 is 2.25 bits per heavy atom. The highest BCUT2D eigenvalue weighted by atomic mass is 16.4. The quantitative estimate of drug-likeness (QED) is 0.780. The van der Waals surface area contributed by atoms with Gasteiger partial charge in [-0.3, -0.25) is 9.59 Å². The second-order valence-corrected chi connectivity index (χ2v) is 6.45. The van der Waals surface area contributed by atoms with Gasteiger partial charge < -0.3 is 10.0 Å². The summed E-state index contributed by atoms with van der Waals surface area (Å²) in [5, 5.41) is 8.82. The lowest BCUT2D eigenvalue weighted by Gasteiger charge is -2.32. The van der Waals surface area contributed by atoms with Crippen molar-refractivity contribution in [3.8, 4) is 0 Å². The van der Waals surface area contributed by atoms with E-state index in [2.05, 4.69) is 20.8 Å². The molecule has 1 aliphatic carbocycles. The van der Waals surface area contributed by atoms with Gasteiger partial charge in [0.2, 0.25) is 5.91 Å². The van der Waals surface area contributed by atoms with Gasteiger partial charge in [-0.15, -0.1) is 0 Å². The molecule has 1 saturated carbocycles. The Labute approximate surface area is 122 Å². The van der Waals surface area contributed by atoms with Gasteiger partial charge in [-0.05, 0) is 37.5 Å². The standard InChI is InChI=1S/C16H29NO3/c1-4-13-5-7-14(8-6-13)16(20)17(11-12(2)3)10-9-15(18)19/h12-14H,4-11H2,1-3H3,(H,18,19). The van der Waals surface area contributed by atoms with E-state index < -0.39 is 5.97 Å². The monoisotopic (exact) mass is 283 g/mol. The zero-order chi connectivity index (χ0) is 15.1. The van der Waals surface area contributed by atoms with Gasteiger partial charge in [0.25, 0.3) is 0 Å². The number of carbonyl (C=O) groups excluding carboxylic acids is 1. The zero-order valence-corrected chi connectivity index (χ0v) is 13.1. The summed E-state index contributed by atoms with van der Waals surface area (Å²) < 4.78 is 0. The van der Waals surface area contributed by atoms with E-state index in [0.29, 0.717) is 19.0 Å². The Bertz CT molecular complexity index is 320. The molecule has 1 rings (SSSR count). The lowest BCUT2D eigenvalue weighted by atomic mass is 9.80. The Morgan fingerprint density at radius 1 is 1.20 bits per heavy atom. The third-order valence-corrected chi connectivity index (χ3v) is 4.27. The van der Waals surface area contributed by atoms with Gasteiger partial charge in [0.1, 0.15) is 0 Å². The average Bonchev–Trinajstić information content (AvgIpc) is 2.42. The van der Waals surface area contributed by atoms with Crippen LogP contribution in [0.15, 0.2) is 0 Å². The van der Waals surface area contributed by atoms with Crippen molar-refractivity contribution in [3.63, 3.8) is 0 Å². The molecule has 0 atom stereocenters. The van der Waals surface area contributed by atoms with Gasteiger partial charge in [0.15, 0.2) is 0 Å². The Balaban J connectivity index is 2.55. The van der Waals surface area contributed by atoms with E-state index in [4.69, 9.17) is 5.11 Å². The fraction of sp³-hybridized carbons (Fsp3) is 0.875. The summed E-state index contributed by atoms with van der Waals surface area (Å²) in [4.78, 5) is 25.1. The lowest BCUT2D eigenvalue weighted by molar-refractivity contribution is -0.140. The van der Waals surface area contributed by atoms with Crippen LogP contribution in [0.5, 0.6) is 0 Å². The van der Waals surface area contributed by atoms with Crippen LogP contribution in [-0.4, -0.2) is 35.0 Å². The summed E-state index contributed by atoms with van der Waals surface area (Å²) in [5.41, 5.74) is 0. The minimum atomic E-state index is -0.832. The molecule has 4 nitrogen and oxygen atoms in total. The van der Waals surface area contributed by atoms with E-state index in [-0.39, 0.29) is 18.2 Å². The van der Waals surface area contributed by atoms with Crippen molar-refractivity contribution in [2.75, 3.05) is 13.1 Å². The highest BCUT2D eigenvalue weighted by Gasteiger charge is 2.29. The van der Waals surface area contributed by atoms with Crippen molar-refractivity contribution in [1.82, 2.24) is 4.90 Å². The smallest absolute Gasteiger partial charge is 0.305 e. The van der Waals surface area contributed by atoms with Crippen LogP contribution in [0.2, 0.25) is 0 Å². The molecule has 0 spiro atoms. The van der Waals surface area contributed by atoms with Crippen molar-refractivity contribution >= 4 is 11.9 Å². The number of rotatable bonds is 7. The molecule has 0 aliphatic heterocycles. The van der Waals surface area contributed by atoms with Gasteiger partial charge in [-0.25, -0.2) is 0 Å². The first kappa shape index (κ1) is 17.0. The largest absolute Gasteiger partial charge is 0.481 e. The topological polar surface area (TPSA) is 57.6 Å². The maximum atomic E-state index is 12.6. The van der Waals surface area contributed by atoms with Crippen molar-refractivity contribution in [1.29, 1.82) is 0 Å². The highest BCUT2D eigenvalue weighted by molar-refractivity contribution is 5.79. The fourth-order valence-corrected chi connectivity index (χ4v) is 3.04. The van der Waals surface area contributed by atoms with Crippen molar-refractivity contribution in [3.05, 3.63) is 0 Å². The van der Waals surface area contributed by atoms with Crippen LogP contribution < -0.4 is 0 Å². The number of carbonyl (C=O) groups is 2. The molecule has 0 aromatic heterocycles. The fourth-order valence-electron chi connectivity index (χ4n) is 3.04. The summed E-state index contributed by atoms with van der Waals surface area (Å²) in [7, 11) is 0. The Morgan fingerprint density at radius 2 is 1.80 bits per heavy atom. The number of amides is 1. The molecular formula is C16H29NO3. The van der Waals surface area contributed by atoms with Crippen LogP contribution in [0.25, 0.3) is 0 Å². The third kappa shape index (κ3) is 5.51. The van der Waals surface area contributed by atoms with Crippen LogP contribution in [-0.2, 0) is 9.59 Å². The molecule has 4 heteroatoms. The second kappa shape index (κ2) is 8.28. The predicted molar refractivity (Wildman–Crippen MR) is 79.4 cm³/mol. The zero-order valence-electron chi connectivity index (χ0n) is 13.1. The number of hydrogen-bond acceptors (Lipinski definition) is 2. The second-order valence-electron chi connectivity index (χ2n) is 6.45. The van der Waals surface area contributed by atoms with Crippen LogP contribution in [0.3, 0.4) is 0 Å². The first-order valence-corrected chi connectivity index (χ1v) is 7.94. The van der Waals surface area contributed by atoms with Crippen molar-refractivity contribution in [2.24, 2.45) is 17.8 Å². The lowest BCUT2D eigenvalue weighted by Crippen LogP contribution is -2.41. The number of aliphatic carboxylic acids is 1. The van der Waals surface area contributed by atoms with Gasteiger partial charge in [0.05, 0.1) is 6.42 Å². The van der Waals surface area contributed by atoms with Gasteiger partial charge in [0, 0.05) is 19.0 Å². The summed E-state index contributed by atoms with van der Waals surface area (Å²) in [6, 6.07) is 0. The molecule has 1 fully saturated rings. The van der Waals surface area contributed by atoms with E-state index in [9.17, 15) is 9.59 Å². The van der Waals surface area contributed by atoms with Crippen molar-refractivity contribution < 1.29 is 14.7 Å². The molecule has 1 amide bonds. The van der Waals surface area contributed by atoms with Crippen LogP contribution >= 0.6 is 0 Å². The maximum absolute atomic E-state index is 12.6. The van der Waals surface area contributed by atoms with Crippen LogP contribution in [0, 0.1) is 17.8 Å². The minimum Gasteiger partial charge on any atom is -0.481 e. The number of carboxylic acid groups (broad SMARTS) is 1. The number of carboxylic acids is 1. The van der Waals surface area contributed by atoms with Gasteiger partial charge in [-0.2, -0.15) is 0 Å². The molecule has 1 N–H and O–H groups in total. The van der Waals surface area contributed by atoms with Gasteiger partial charge in [-0.1, -0.05) is 27.2 Å². The van der Waals surface area contributed by atoms with Crippen LogP contribution in [0.1, 0.15) is 59.3 Å². The highest BCUT2D eigenvalue weighted by Crippen LogP contribution is 2.31. The predicted octanol–water partition coefficient (Wildman–Crippen LogP) is 3.16. The molecule has 0 radical (unpaired) electrons. The summed E-state index contributed by atoms with van der Waals surface area (Å²) in [5.74, 6) is 0.609. The van der Waals surface area contributed by atoms with E-state index in [0.717, 1.165) is 31.6 Å². The van der Waals surface area contributed by atoms with Crippen molar-refractivity contribution in [2.45, 2.75) is 59.3 Å². The SMILES string of the molecule is CCC1CCC(C(=O)N(CCC(=O)O)CC(C)C)CC1. The summed E-state index contributed by atoms with van der Waals surface area (Å²) in [6.07, 6.45) is 5.47. The third-order valence-electron chi connectivity index (χ3n) is 4.27. The normalized spacial score (nSPS) is 22.8. The molecule has 20 heavy (non-hydrogen) atoms. The first-order chi connectivity index (χ1) is 9.43. The molecule has 0 aromatic rings. The molecule has 0 bridgehead atoms. The van der Waals surface area contributed by atoms with E-state index >= 15 is 0 Å².